The first-order chi connectivity index (χ1) is 16.0. The van der Waals surface area contributed by atoms with E-state index in [1.165, 1.54) is 18.2 Å². The summed E-state index contributed by atoms with van der Waals surface area (Å²) in [5, 5.41) is 15.7. The number of halogens is 1. The largest absolute Gasteiger partial charge is 0.448 e. The number of benzene rings is 2. The third-order valence-electron chi connectivity index (χ3n) is 6.26. The van der Waals surface area contributed by atoms with E-state index in [1.54, 1.807) is 29.2 Å². The number of aromatic nitrogens is 1. The Morgan fingerprint density at radius 3 is 2.76 bits per heavy atom. The van der Waals surface area contributed by atoms with E-state index in [4.69, 9.17) is 4.74 Å². The molecule has 3 heterocycles. The van der Waals surface area contributed by atoms with Crippen molar-refractivity contribution >= 4 is 28.3 Å². The lowest BCUT2D eigenvalue weighted by Gasteiger charge is -2.25. The molecule has 3 aromatic rings. The molecule has 170 valence electrons. The van der Waals surface area contributed by atoms with Crippen molar-refractivity contribution in [2.75, 3.05) is 26.2 Å². The van der Waals surface area contributed by atoms with Crippen LogP contribution >= 0.6 is 0 Å². The minimum absolute atomic E-state index is 0.0271. The second kappa shape index (κ2) is 8.67. The molecule has 1 saturated heterocycles. The van der Waals surface area contributed by atoms with Crippen LogP contribution in [0, 0.1) is 15.9 Å². The van der Waals surface area contributed by atoms with Crippen molar-refractivity contribution in [3.63, 3.8) is 0 Å². The molecule has 0 spiro atoms. The van der Waals surface area contributed by atoms with Gasteiger partial charge in [-0.3, -0.25) is 10.1 Å². The SMILES string of the molecule is O=C1OCCN1CCC1CC(c2cn(-c3ccc(F)cc3)c3ccc([N+](=O)[O-])cc23)=CCN1. The summed E-state index contributed by atoms with van der Waals surface area (Å²) in [5.74, 6) is -0.322. The summed E-state index contributed by atoms with van der Waals surface area (Å²) in [6, 6.07) is 11.2. The van der Waals surface area contributed by atoms with Crippen molar-refractivity contribution in [3.05, 3.63) is 76.2 Å². The zero-order chi connectivity index (χ0) is 22.9. The fourth-order valence-electron chi connectivity index (χ4n) is 4.54. The molecule has 1 fully saturated rings. The first-order valence-corrected chi connectivity index (χ1v) is 10.9. The van der Waals surface area contributed by atoms with Crippen LogP contribution in [0.4, 0.5) is 14.9 Å². The monoisotopic (exact) mass is 450 g/mol. The van der Waals surface area contributed by atoms with Gasteiger partial charge in [0.1, 0.15) is 12.4 Å². The summed E-state index contributed by atoms with van der Waals surface area (Å²) in [7, 11) is 0. The lowest BCUT2D eigenvalue weighted by molar-refractivity contribution is -0.384. The van der Waals surface area contributed by atoms with Crippen LogP contribution in [0.15, 0.2) is 54.7 Å². The van der Waals surface area contributed by atoms with Crippen molar-refractivity contribution < 1.29 is 18.8 Å². The van der Waals surface area contributed by atoms with Gasteiger partial charge in [0, 0.05) is 54.1 Å². The molecule has 0 aliphatic carbocycles. The van der Waals surface area contributed by atoms with E-state index in [-0.39, 0.29) is 23.6 Å². The number of nitro benzene ring substituents is 1. The molecule has 1 N–H and O–H groups in total. The van der Waals surface area contributed by atoms with E-state index in [2.05, 4.69) is 11.4 Å². The average Bonchev–Trinajstić information content (AvgIpc) is 3.41. The zero-order valence-electron chi connectivity index (χ0n) is 17.9. The van der Waals surface area contributed by atoms with E-state index < -0.39 is 4.92 Å². The number of fused-ring (bicyclic) bond motifs is 1. The molecule has 0 bridgehead atoms. The summed E-state index contributed by atoms with van der Waals surface area (Å²) in [5.41, 5.74) is 3.64. The Bertz CT molecular complexity index is 1250. The van der Waals surface area contributed by atoms with Gasteiger partial charge in [0.25, 0.3) is 5.69 Å². The fraction of sp³-hybridized carbons (Fsp3) is 0.292. The van der Waals surface area contributed by atoms with Crippen molar-refractivity contribution in [1.82, 2.24) is 14.8 Å². The Labute approximate surface area is 189 Å². The highest BCUT2D eigenvalue weighted by molar-refractivity contribution is 5.95. The van der Waals surface area contributed by atoms with Crippen LogP contribution in [0.3, 0.4) is 0 Å². The van der Waals surface area contributed by atoms with Crippen molar-refractivity contribution in [2.45, 2.75) is 18.9 Å². The molecule has 9 heteroatoms. The Morgan fingerprint density at radius 1 is 1.21 bits per heavy atom. The quantitative estimate of drug-likeness (QED) is 0.448. The van der Waals surface area contributed by atoms with Gasteiger partial charge in [-0.05, 0) is 48.7 Å². The standard InChI is InChI=1S/C24H23FN4O4/c25-17-1-3-19(4-2-17)28-15-22(21-14-20(29(31)32)5-6-23(21)28)16-7-9-26-18(13-16)8-10-27-11-12-33-24(27)30/h1-7,14-15,18,26H,8-13H2. The fourth-order valence-corrected chi connectivity index (χ4v) is 4.54. The molecule has 0 radical (unpaired) electrons. The van der Waals surface area contributed by atoms with Gasteiger partial charge in [0.2, 0.25) is 0 Å². The Hall–Kier alpha value is -3.72. The first-order valence-electron chi connectivity index (χ1n) is 10.9. The number of non-ortho nitro benzene ring substituents is 1. The van der Waals surface area contributed by atoms with Crippen LogP contribution in [-0.2, 0) is 4.74 Å². The van der Waals surface area contributed by atoms with Crippen molar-refractivity contribution in [3.8, 4) is 5.69 Å². The van der Waals surface area contributed by atoms with Crippen LogP contribution in [0.1, 0.15) is 18.4 Å². The topological polar surface area (TPSA) is 89.6 Å². The number of nitrogens with one attached hydrogen (secondary N) is 1. The molecule has 8 nitrogen and oxygen atoms in total. The van der Waals surface area contributed by atoms with Crippen molar-refractivity contribution in [2.24, 2.45) is 0 Å². The molecular weight excluding hydrogens is 427 g/mol. The maximum Gasteiger partial charge on any atom is 0.409 e. The van der Waals surface area contributed by atoms with Gasteiger partial charge in [-0.25, -0.2) is 9.18 Å². The number of ether oxygens (including phenoxy) is 1. The van der Waals surface area contributed by atoms with Gasteiger partial charge < -0.3 is 19.5 Å². The van der Waals surface area contributed by atoms with Gasteiger partial charge >= 0.3 is 6.09 Å². The predicted molar refractivity (Wildman–Crippen MR) is 122 cm³/mol. The van der Waals surface area contributed by atoms with Crippen LogP contribution in [0.5, 0.6) is 0 Å². The number of cyclic esters (lactones) is 1. The Kier molecular flexibility index (Phi) is 5.55. The summed E-state index contributed by atoms with van der Waals surface area (Å²) >= 11 is 0. The maximum absolute atomic E-state index is 13.5. The van der Waals surface area contributed by atoms with E-state index in [0.717, 1.165) is 40.6 Å². The molecule has 0 saturated carbocycles. The number of amides is 1. The number of nitrogens with zero attached hydrogens (tertiary/aromatic N) is 3. The number of nitro groups is 1. The smallest absolute Gasteiger partial charge is 0.409 e. The summed E-state index contributed by atoms with van der Waals surface area (Å²) in [6.07, 6.45) is 5.31. The second-order valence-corrected chi connectivity index (χ2v) is 8.28. The number of carbonyl (C=O) groups excluding carboxylic acids is 1. The number of hydrogen-bond donors (Lipinski definition) is 1. The number of hydrogen-bond acceptors (Lipinski definition) is 5. The minimum Gasteiger partial charge on any atom is -0.448 e. The summed E-state index contributed by atoms with van der Waals surface area (Å²) in [6.45, 7) is 2.34. The highest BCUT2D eigenvalue weighted by Crippen LogP contribution is 2.35. The summed E-state index contributed by atoms with van der Waals surface area (Å²) in [4.78, 5) is 24.5. The van der Waals surface area contributed by atoms with Gasteiger partial charge in [-0.1, -0.05) is 6.08 Å². The second-order valence-electron chi connectivity index (χ2n) is 8.28. The number of rotatable bonds is 6. The molecule has 1 atom stereocenters. The molecule has 1 aromatic heterocycles. The van der Waals surface area contributed by atoms with Gasteiger partial charge in [-0.15, -0.1) is 0 Å². The lowest BCUT2D eigenvalue weighted by atomic mass is 9.93. The minimum atomic E-state index is -0.396. The normalized spacial score (nSPS) is 18.5. The predicted octanol–water partition coefficient (Wildman–Crippen LogP) is 4.27. The van der Waals surface area contributed by atoms with Crippen LogP contribution in [0.2, 0.25) is 0 Å². The highest BCUT2D eigenvalue weighted by atomic mass is 19.1. The van der Waals surface area contributed by atoms with E-state index in [0.29, 0.717) is 26.2 Å². The molecule has 5 rings (SSSR count). The average molecular weight is 450 g/mol. The van der Waals surface area contributed by atoms with Crippen molar-refractivity contribution in [1.29, 1.82) is 0 Å². The van der Waals surface area contributed by atoms with E-state index >= 15 is 0 Å². The first kappa shape index (κ1) is 21.1. The zero-order valence-corrected chi connectivity index (χ0v) is 17.9. The lowest BCUT2D eigenvalue weighted by Crippen LogP contribution is -2.37. The van der Waals surface area contributed by atoms with Crippen LogP contribution in [-0.4, -0.2) is 52.8 Å². The molecule has 33 heavy (non-hydrogen) atoms. The van der Waals surface area contributed by atoms with Gasteiger partial charge in [0.15, 0.2) is 0 Å². The van der Waals surface area contributed by atoms with Gasteiger partial charge in [0.05, 0.1) is 17.0 Å². The molecule has 2 aliphatic heterocycles. The molecule has 1 amide bonds. The van der Waals surface area contributed by atoms with Crippen LogP contribution in [0.25, 0.3) is 22.2 Å². The number of carbonyl (C=O) groups is 1. The molecular formula is C24H23FN4O4. The Morgan fingerprint density at radius 2 is 2.03 bits per heavy atom. The van der Waals surface area contributed by atoms with Gasteiger partial charge in [-0.2, -0.15) is 0 Å². The maximum atomic E-state index is 13.5. The van der Waals surface area contributed by atoms with E-state index in [9.17, 15) is 19.3 Å². The molecule has 1 unspecified atom stereocenters. The Balaban J connectivity index is 1.47. The third kappa shape index (κ3) is 4.19. The van der Waals surface area contributed by atoms with E-state index in [1.807, 2.05) is 10.8 Å². The summed E-state index contributed by atoms with van der Waals surface area (Å²) < 4.78 is 20.4. The molecule has 2 aromatic carbocycles. The molecule has 2 aliphatic rings. The third-order valence-corrected chi connectivity index (χ3v) is 6.26. The highest BCUT2D eigenvalue weighted by Gasteiger charge is 2.25. The van der Waals surface area contributed by atoms with Crippen LogP contribution < -0.4 is 5.32 Å².